The second-order valence-corrected chi connectivity index (χ2v) is 6.01. The molecule has 0 aliphatic carbocycles. The van der Waals surface area contributed by atoms with Crippen molar-refractivity contribution in [2.75, 3.05) is 13.2 Å². The monoisotopic (exact) mass is 287 g/mol. The van der Waals surface area contributed by atoms with Crippen molar-refractivity contribution < 1.29 is 9.90 Å². The minimum absolute atomic E-state index is 0.0468. The molecule has 0 fully saturated rings. The molecule has 0 aliphatic heterocycles. The van der Waals surface area contributed by atoms with E-state index in [4.69, 9.17) is 5.11 Å². The lowest BCUT2D eigenvalue weighted by molar-refractivity contribution is 0.0935. The van der Waals surface area contributed by atoms with Crippen molar-refractivity contribution in [1.29, 1.82) is 0 Å². The van der Waals surface area contributed by atoms with Gasteiger partial charge in [0.2, 0.25) is 0 Å². The molecular weight excluding hydrogens is 262 g/mol. The number of aryl methyl sites for hydroxylation is 1. The fraction of sp³-hybridized carbons (Fsp3) is 0.500. The van der Waals surface area contributed by atoms with E-state index >= 15 is 0 Å². The van der Waals surface area contributed by atoms with Gasteiger partial charge in [-0.2, -0.15) is 0 Å². The van der Waals surface area contributed by atoms with Gasteiger partial charge >= 0.3 is 0 Å². The summed E-state index contributed by atoms with van der Waals surface area (Å²) in [6.45, 7) is 9.07. The van der Waals surface area contributed by atoms with Gasteiger partial charge in [0.1, 0.15) is 0 Å². The number of aliphatic hydroxyl groups is 1. The van der Waals surface area contributed by atoms with E-state index in [1.165, 1.54) is 0 Å². The van der Waals surface area contributed by atoms with Gasteiger partial charge in [0.05, 0.1) is 6.61 Å². The van der Waals surface area contributed by atoms with Crippen molar-refractivity contribution >= 4 is 5.91 Å². The van der Waals surface area contributed by atoms with Gasteiger partial charge in [-0.1, -0.05) is 32.6 Å². The lowest BCUT2D eigenvalue weighted by atomic mass is 9.90. The van der Waals surface area contributed by atoms with Crippen LogP contribution in [0.15, 0.2) is 18.2 Å². The predicted molar refractivity (Wildman–Crippen MR) is 86.2 cm³/mol. The van der Waals surface area contributed by atoms with Crippen molar-refractivity contribution in [2.45, 2.75) is 40.5 Å². The maximum absolute atomic E-state index is 12.2. The zero-order valence-corrected chi connectivity index (χ0v) is 13.4. The van der Waals surface area contributed by atoms with E-state index in [1.54, 1.807) is 6.07 Å². The maximum Gasteiger partial charge on any atom is 0.251 e. The second kappa shape index (κ2) is 7.85. The van der Waals surface area contributed by atoms with Gasteiger partial charge in [-0.25, -0.2) is 0 Å². The van der Waals surface area contributed by atoms with Gasteiger partial charge in [-0.15, -0.1) is 0 Å². The molecular formula is C18H25NO2. The summed E-state index contributed by atoms with van der Waals surface area (Å²) in [5.41, 5.74) is 2.64. The zero-order chi connectivity index (χ0) is 15.9. The third kappa shape index (κ3) is 5.61. The van der Waals surface area contributed by atoms with Crippen LogP contribution in [0.4, 0.5) is 0 Å². The third-order valence-corrected chi connectivity index (χ3v) is 3.63. The summed E-state index contributed by atoms with van der Waals surface area (Å²) in [5.74, 6) is 5.85. The average Bonchev–Trinajstić information content (AvgIpc) is 2.46. The Balaban J connectivity index is 2.75. The van der Waals surface area contributed by atoms with Crippen molar-refractivity contribution in [3.05, 3.63) is 34.9 Å². The number of hydrogen-bond acceptors (Lipinski definition) is 2. The van der Waals surface area contributed by atoms with E-state index in [-0.39, 0.29) is 17.9 Å². The number of carbonyl (C=O) groups is 1. The molecule has 2 N–H and O–H groups in total. The number of rotatable bonds is 5. The predicted octanol–water partition coefficient (Wildman–Crippen LogP) is 2.89. The highest BCUT2D eigenvalue weighted by molar-refractivity contribution is 5.94. The van der Waals surface area contributed by atoms with E-state index in [2.05, 4.69) is 37.9 Å². The molecule has 0 spiro atoms. The first-order chi connectivity index (χ1) is 9.89. The molecule has 3 nitrogen and oxygen atoms in total. The Morgan fingerprint density at radius 1 is 1.38 bits per heavy atom. The highest BCUT2D eigenvalue weighted by Crippen LogP contribution is 2.18. The Morgan fingerprint density at radius 3 is 2.67 bits per heavy atom. The molecule has 114 valence electrons. The first kappa shape index (κ1) is 17.3. The molecule has 3 heteroatoms. The number of benzene rings is 1. The summed E-state index contributed by atoms with van der Waals surface area (Å²) in [7, 11) is 0. The van der Waals surface area contributed by atoms with Crippen LogP contribution in [0.25, 0.3) is 0 Å². The van der Waals surface area contributed by atoms with Crippen LogP contribution in [0.2, 0.25) is 0 Å². The van der Waals surface area contributed by atoms with Gasteiger partial charge in [0, 0.05) is 24.1 Å². The van der Waals surface area contributed by atoms with Crippen molar-refractivity contribution in [1.82, 2.24) is 5.32 Å². The van der Waals surface area contributed by atoms with E-state index in [0.29, 0.717) is 18.5 Å². The molecule has 0 heterocycles. The molecule has 0 unspecified atom stereocenters. The number of aliphatic hydroxyl groups excluding tert-OH is 1. The van der Waals surface area contributed by atoms with Crippen molar-refractivity contribution in [3.8, 4) is 11.8 Å². The molecule has 0 aromatic heterocycles. The van der Waals surface area contributed by atoms with Crippen LogP contribution < -0.4 is 5.32 Å². The Kier molecular flexibility index (Phi) is 6.45. The van der Waals surface area contributed by atoms with Crippen LogP contribution in [0, 0.1) is 24.2 Å². The number of nitrogens with one attached hydrogen (secondary N) is 1. The molecule has 0 aliphatic rings. The van der Waals surface area contributed by atoms with Crippen LogP contribution in [-0.4, -0.2) is 24.2 Å². The SMILES string of the molecule is CCC(C)(C)CNC(=O)c1ccc(C#CCCO)c(C)c1. The summed E-state index contributed by atoms with van der Waals surface area (Å²) < 4.78 is 0. The van der Waals surface area contributed by atoms with Crippen molar-refractivity contribution in [2.24, 2.45) is 5.41 Å². The summed E-state index contributed by atoms with van der Waals surface area (Å²) in [6, 6.07) is 5.51. The fourth-order valence-electron chi connectivity index (χ4n) is 1.71. The first-order valence-corrected chi connectivity index (χ1v) is 7.38. The van der Waals surface area contributed by atoms with Crippen LogP contribution in [0.5, 0.6) is 0 Å². The van der Waals surface area contributed by atoms with Crippen LogP contribution in [0.1, 0.15) is 55.1 Å². The molecule has 1 aromatic rings. The van der Waals surface area contributed by atoms with Crippen LogP contribution >= 0.6 is 0 Å². The Morgan fingerprint density at radius 2 is 2.10 bits per heavy atom. The molecule has 0 atom stereocenters. The topological polar surface area (TPSA) is 49.3 Å². The van der Waals surface area contributed by atoms with Crippen LogP contribution in [0.3, 0.4) is 0 Å². The molecule has 21 heavy (non-hydrogen) atoms. The molecule has 0 radical (unpaired) electrons. The summed E-state index contributed by atoms with van der Waals surface area (Å²) in [5, 5.41) is 11.7. The van der Waals surface area contributed by atoms with E-state index < -0.39 is 0 Å². The standard InChI is InChI=1S/C18H25NO2/c1-5-18(3,4)13-19-17(21)16-10-9-15(14(2)12-16)8-6-7-11-20/h9-10,12,20H,5,7,11,13H2,1-4H3,(H,19,21). The van der Waals surface area contributed by atoms with Crippen molar-refractivity contribution in [3.63, 3.8) is 0 Å². The van der Waals surface area contributed by atoms with E-state index in [9.17, 15) is 4.79 Å². The Hall–Kier alpha value is -1.79. The number of amides is 1. The van der Waals surface area contributed by atoms with Gasteiger partial charge in [0.25, 0.3) is 5.91 Å². The molecule has 1 aromatic carbocycles. The molecule has 0 saturated carbocycles. The maximum atomic E-state index is 12.2. The molecule has 0 bridgehead atoms. The van der Waals surface area contributed by atoms with E-state index in [1.807, 2.05) is 19.1 Å². The van der Waals surface area contributed by atoms with Gasteiger partial charge in [-0.3, -0.25) is 4.79 Å². The minimum Gasteiger partial charge on any atom is -0.395 e. The molecule has 0 saturated heterocycles. The summed E-state index contributed by atoms with van der Waals surface area (Å²) in [4.78, 5) is 12.2. The Bertz CT molecular complexity index is 550. The third-order valence-electron chi connectivity index (χ3n) is 3.63. The van der Waals surface area contributed by atoms with Crippen LogP contribution in [-0.2, 0) is 0 Å². The fourth-order valence-corrected chi connectivity index (χ4v) is 1.71. The zero-order valence-electron chi connectivity index (χ0n) is 13.4. The minimum atomic E-state index is -0.0468. The summed E-state index contributed by atoms with van der Waals surface area (Å²) in [6.07, 6.45) is 1.49. The lowest BCUT2D eigenvalue weighted by Crippen LogP contribution is -2.33. The highest BCUT2D eigenvalue weighted by atomic mass is 16.2. The van der Waals surface area contributed by atoms with Gasteiger partial charge in [-0.05, 0) is 42.5 Å². The number of hydrogen-bond donors (Lipinski definition) is 2. The van der Waals surface area contributed by atoms with E-state index in [0.717, 1.165) is 17.5 Å². The smallest absolute Gasteiger partial charge is 0.251 e. The average molecular weight is 287 g/mol. The quantitative estimate of drug-likeness (QED) is 0.818. The largest absolute Gasteiger partial charge is 0.395 e. The van der Waals surface area contributed by atoms with Gasteiger partial charge in [0.15, 0.2) is 0 Å². The normalized spacial score (nSPS) is 10.7. The first-order valence-electron chi connectivity index (χ1n) is 7.38. The lowest BCUT2D eigenvalue weighted by Gasteiger charge is -2.22. The summed E-state index contributed by atoms with van der Waals surface area (Å²) >= 11 is 0. The van der Waals surface area contributed by atoms with Gasteiger partial charge < -0.3 is 10.4 Å². The molecule has 1 rings (SSSR count). The Labute approximate surface area is 127 Å². The molecule has 1 amide bonds. The number of carbonyl (C=O) groups excluding carboxylic acids is 1. The second-order valence-electron chi connectivity index (χ2n) is 6.01. The highest BCUT2D eigenvalue weighted by Gasteiger charge is 2.16.